The predicted octanol–water partition coefficient (Wildman–Crippen LogP) is 6.37. The summed E-state index contributed by atoms with van der Waals surface area (Å²) in [6.07, 6.45) is 0. The van der Waals surface area contributed by atoms with Crippen LogP contribution >= 0.6 is 11.3 Å². The highest BCUT2D eigenvalue weighted by Gasteiger charge is 2.10. The van der Waals surface area contributed by atoms with Crippen molar-refractivity contribution in [2.24, 2.45) is 20.5 Å². The number of azo groups is 2. The van der Waals surface area contributed by atoms with Crippen molar-refractivity contribution in [3.05, 3.63) is 70.3 Å². The van der Waals surface area contributed by atoms with E-state index in [1.165, 1.54) is 31.2 Å². The van der Waals surface area contributed by atoms with Gasteiger partial charge in [0.25, 0.3) is 5.69 Å². The first-order valence-electron chi connectivity index (χ1n) is 11.0. The molecule has 0 radical (unpaired) electrons. The number of nitro groups is 1. The first-order chi connectivity index (χ1) is 17.9. The predicted molar refractivity (Wildman–Crippen MR) is 138 cm³/mol. The zero-order valence-corrected chi connectivity index (χ0v) is 20.9. The first-order valence-corrected chi connectivity index (χ1v) is 11.8. The minimum absolute atomic E-state index is 0.0396. The molecule has 12 nitrogen and oxygen atoms in total. The molecule has 13 heteroatoms. The number of methoxy groups -OCH3 is 1. The van der Waals surface area contributed by atoms with Gasteiger partial charge in [-0.25, -0.2) is 0 Å². The fraction of sp³-hybridized carbons (Fsp3) is 0.250. The quantitative estimate of drug-likeness (QED) is 0.116. The molecule has 0 atom stereocenters. The fourth-order valence-electron chi connectivity index (χ4n) is 3.02. The summed E-state index contributed by atoms with van der Waals surface area (Å²) in [4.78, 5) is 23.3. The Labute approximate surface area is 216 Å². The number of nitrogens with zero attached hydrogens (tertiary/aromatic N) is 7. The third-order valence-electron chi connectivity index (χ3n) is 4.85. The summed E-state index contributed by atoms with van der Waals surface area (Å²) in [7, 11) is 1.62. The van der Waals surface area contributed by atoms with Crippen molar-refractivity contribution in [1.82, 2.24) is 0 Å². The summed E-state index contributed by atoms with van der Waals surface area (Å²) in [6, 6.07) is 16.6. The summed E-state index contributed by atoms with van der Waals surface area (Å²) >= 11 is 1.14. The number of rotatable bonds is 12. The molecule has 0 unspecified atom stereocenters. The molecule has 0 fully saturated rings. The van der Waals surface area contributed by atoms with Crippen LogP contribution in [0.5, 0.6) is 0 Å². The van der Waals surface area contributed by atoms with E-state index in [0.29, 0.717) is 46.6 Å². The average molecular weight is 522 g/mol. The Balaban J connectivity index is 1.69. The highest BCUT2D eigenvalue weighted by atomic mass is 32.1. The highest BCUT2D eigenvalue weighted by Crippen LogP contribution is 2.38. The van der Waals surface area contributed by atoms with Crippen LogP contribution in [0.15, 0.2) is 75.1 Å². The lowest BCUT2D eigenvalue weighted by atomic mass is 10.2. The second-order valence-corrected chi connectivity index (χ2v) is 8.43. The molecule has 1 aromatic heterocycles. The van der Waals surface area contributed by atoms with Crippen molar-refractivity contribution in [3.63, 3.8) is 0 Å². The number of nitriles is 1. The Morgan fingerprint density at radius 1 is 1.03 bits per heavy atom. The Bertz CT molecular complexity index is 1310. The van der Waals surface area contributed by atoms with Gasteiger partial charge in [-0.15, -0.1) is 20.5 Å². The Morgan fingerprint density at radius 3 is 2.24 bits per heavy atom. The maximum atomic E-state index is 11.1. The van der Waals surface area contributed by atoms with Gasteiger partial charge in [0.2, 0.25) is 0 Å². The molecule has 0 saturated heterocycles. The molecule has 0 saturated carbocycles. The third kappa shape index (κ3) is 8.27. The summed E-state index contributed by atoms with van der Waals surface area (Å²) in [5.41, 5.74) is 2.20. The van der Waals surface area contributed by atoms with Gasteiger partial charge < -0.3 is 14.4 Å². The lowest BCUT2D eigenvalue weighted by Crippen LogP contribution is -2.31. The van der Waals surface area contributed by atoms with Gasteiger partial charge in [-0.1, -0.05) is 11.3 Å². The molecular weight excluding hydrogens is 498 g/mol. The van der Waals surface area contributed by atoms with Gasteiger partial charge in [-0.2, -0.15) is 5.26 Å². The van der Waals surface area contributed by atoms with Gasteiger partial charge in [0, 0.05) is 38.4 Å². The van der Waals surface area contributed by atoms with Crippen LogP contribution < -0.4 is 4.90 Å². The minimum Gasteiger partial charge on any atom is -0.464 e. The fourth-order valence-corrected chi connectivity index (χ4v) is 3.78. The molecule has 190 valence electrons. The molecule has 3 rings (SSSR count). The summed E-state index contributed by atoms with van der Waals surface area (Å²) < 4.78 is 10.2. The number of esters is 1. The third-order valence-corrected chi connectivity index (χ3v) is 5.75. The van der Waals surface area contributed by atoms with Gasteiger partial charge in [-0.05, 0) is 42.5 Å². The molecule has 0 aliphatic heterocycles. The van der Waals surface area contributed by atoms with Crippen LogP contribution in [0.4, 0.5) is 32.8 Å². The van der Waals surface area contributed by atoms with Crippen molar-refractivity contribution in [2.45, 2.75) is 6.92 Å². The number of carbonyl (C=O) groups is 1. The molecular formula is C24H23N7O5S. The molecule has 1 heterocycles. The lowest BCUT2D eigenvalue weighted by molar-refractivity contribution is -0.384. The SMILES string of the molecule is COCCN(CCOC(C)=O)c1ccc(N=Nc2sc(N=Nc3ccc([N+](=O)[O-])cc3)cc2C#N)cc1. The van der Waals surface area contributed by atoms with Crippen LogP contribution in [0.25, 0.3) is 0 Å². The molecule has 0 aliphatic rings. The molecule has 0 N–H and O–H groups in total. The number of anilines is 1. The van der Waals surface area contributed by atoms with Gasteiger partial charge in [0.15, 0.2) is 5.00 Å². The lowest BCUT2D eigenvalue weighted by Gasteiger charge is -2.24. The zero-order chi connectivity index (χ0) is 26.6. The molecule has 37 heavy (non-hydrogen) atoms. The van der Waals surface area contributed by atoms with Crippen LogP contribution in [-0.4, -0.2) is 44.3 Å². The number of non-ortho nitro benzene ring substituents is 1. The average Bonchev–Trinajstić information content (AvgIpc) is 3.30. The molecule has 0 aliphatic carbocycles. The van der Waals surface area contributed by atoms with Gasteiger partial charge in [-0.3, -0.25) is 14.9 Å². The van der Waals surface area contributed by atoms with Crippen molar-refractivity contribution in [1.29, 1.82) is 5.26 Å². The van der Waals surface area contributed by atoms with Crippen LogP contribution in [0.1, 0.15) is 12.5 Å². The molecule has 2 aromatic carbocycles. The smallest absolute Gasteiger partial charge is 0.302 e. The molecule has 0 bridgehead atoms. The normalized spacial score (nSPS) is 11.1. The Hall–Kier alpha value is -4.54. The number of ether oxygens (including phenoxy) is 2. The van der Waals surface area contributed by atoms with Gasteiger partial charge in [0.1, 0.15) is 17.7 Å². The molecule has 0 spiro atoms. The van der Waals surface area contributed by atoms with E-state index in [-0.39, 0.29) is 18.3 Å². The van der Waals surface area contributed by atoms with Crippen LogP contribution in [0.2, 0.25) is 0 Å². The monoisotopic (exact) mass is 521 g/mol. The minimum atomic E-state index is -0.493. The van der Waals surface area contributed by atoms with E-state index in [0.717, 1.165) is 17.0 Å². The number of thiophene rings is 1. The second kappa shape index (κ2) is 13.5. The Morgan fingerprint density at radius 2 is 1.65 bits per heavy atom. The van der Waals surface area contributed by atoms with E-state index in [9.17, 15) is 20.2 Å². The maximum Gasteiger partial charge on any atom is 0.302 e. The van der Waals surface area contributed by atoms with E-state index >= 15 is 0 Å². The van der Waals surface area contributed by atoms with Gasteiger partial charge in [0.05, 0.1) is 35.0 Å². The number of nitro benzene ring substituents is 1. The number of benzene rings is 2. The largest absolute Gasteiger partial charge is 0.464 e. The number of hydrogen-bond acceptors (Lipinski definition) is 12. The van der Waals surface area contributed by atoms with Crippen LogP contribution in [-0.2, 0) is 14.3 Å². The molecule has 3 aromatic rings. The summed E-state index contributed by atoms with van der Waals surface area (Å²) in [6.45, 7) is 3.29. The summed E-state index contributed by atoms with van der Waals surface area (Å²) in [5.74, 6) is -0.330. The van der Waals surface area contributed by atoms with Crippen molar-refractivity contribution in [3.8, 4) is 6.07 Å². The topological polar surface area (TPSA) is 155 Å². The van der Waals surface area contributed by atoms with Gasteiger partial charge >= 0.3 is 5.97 Å². The number of hydrogen-bond donors (Lipinski definition) is 0. The van der Waals surface area contributed by atoms with Crippen molar-refractivity contribution in [2.75, 3.05) is 38.3 Å². The van der Waals surface area contributed by atoms with E-state index < -0.39 is 4.92 Å². The molecule has 0 amide bonds. The number of carbonyl (C=O) groups excluding carboxylic acids is 1. The standard InChI is InChI=1S/C24H23N7O5S/c1-17(32)36-14-12-30(11-13-35-2)21-7-3-20(4-8-21)27-29-24-18(16-25)15-23(37-24)28-26-19-5-9-22(10-6-19)31(33)34/h3-10,15H,11-14H2,1-2H3. The second-order valence-electron chi connectivity index (χ2n) is 7.43. The van der Waals surface area contributed by atoms with E-state index in [1.54, 1.807) is 25.3 Å². The van der Waals surface area contributed by atoms with Crippen molar-refractivity contribution >= 4 is 50.1 Å². The van der Waals surface area contributed by atoms with Crippen molar-refractivity contribution < 1.29 is 19.2 Å². The highest BCUT2D eigenvalue weighted by molar-refractivity contribution is 7.19. The summed E-state index contributed by atoms with van der Waals surface area (Å²) in [5, 5.41) is 37.6. The maximum absolute atomic E-state index is 11.1. The first kappa shape index (κ1) is 27.1. The Kier molecular flexibility index (Phi) is 9.89. The van der Waals surface area contributed by atoms with Crippen LogP contribution in [0, 0.1) is 21.4 Å². The van der Waals surface area contributed by atoms with E-state index in [4.69, 9.17) is 9.47 Å². The van der Waals surface area contributed by atoms with Crippen LogP contribution in [0.3, 0.4) is 0 Å². The van der Waals surface area contributed by atoms with E-state index in [2.05, 4.69) is 26.5 Å². The zero-order valence-electron chi connectivity index (χ0n) is 20.1. The van der Waals surface area contributed by atoms with E-state index in [1.807, 2.05) is 17.0 Å².